The second kappa shape index (κ2) is 5.01. The van der Waals surface area contributed by atoms with Crippen molar-refractivity contribution >= 4 is 52.4 Å². The van der Waals surface area contributed by atoms with E-state index in [1.807, 2.05) is 0 Å². The number of carbonyl (C=O) groups excluding carboxylic acids is 1. The monoisotopic (exact) mass is 300 g/mol. The highest BCUT2D eigenvalue weighted by atomic mass is 35.6. The quantitative estimate of drug-likeness (QED) is 0.469. The lowest BCUT2D eigenvalue weighted by Crippen LogP contribution is -2.44. The smallest absolute Gasteiger partial charge is 0.336 e. The van der Waals surface area contributed by atoms with E-state index in [4.69, 9.17) is 51.1 Å². The third-order valence-electron chi connectivity index (χ3n) is 1.87. The summed E-state index contributed by atoms with van der Waals surface area (Å²) in [6, 6.07) is 8.41. The third kappa shape index (κ3) is 3.17. The Kier molecular flexibility index (Phi) is 4.35. The van der Waals surface area contributed by atoms with Crippen LogP contribution in [0.3, 0.4) is 0 Å². The Hall–Kier alpha value is -0.150. The lowest BCUT2D eigenvalue weighted by Gasteiger charge is -2.27. The van der Waals surface area contributed by atoms with E-state index in [1.165, 1.54) is 6.92 Å². The Bertz CT molecular complexity index is 370. The minimum Gasteiger partial charge on any atom is -0.425 e. The number of rotatable bonds is 2. The highest BCUT2D eigenvalue weighted by Gasteiger charge is 2.51. The average molecular weight is 302 g/mol. The normalized spacial score (nSPS) is 15.3. The Morgan fingerprint density at radius 1 is 1.12 bits per heavy atom. The summed E-state index contributed by atoms with van der Waals surface area (Å²) in [6.45, 7) is 1.28. The van der Waals surface area contributed by atoms with E-state index in [0.717, 1.165) is 0 Å². The van der Waals surface area contributed by atoms with Gasteiger partial charge in [0.25, 0.3) is 0 Å². The van der Waals surface area contributed by atoms with Gasteiger partial charge in [0.2, 0.25) is 3.79 Å². The van der Waals surface area contributed by atoms with E-state index in [1.54, 1.807) is 30.3 Å². The molecule has 0 aliphatic rings. The van der Waals surface area contributed by atoms with Gasteiger partial charge in [-0.3, -0.25) is 0 Å². The molecule has 1 rings (SSSR count). The van der Waals surface area contributed by atoms with Crippen LogP contribution in [-0.2, 0) is 4.79 Å². The standard InChI is InChI=1S/C10H8Cl4O2/c1-9(11,10(12,13)14)8(15)16-7-5-3-2-4-6-7/h2-6H,1H3. The molecule has 1 unspecified atom stereocenters. The van der Waals surface area contributed by atoms with Gasteiger partial charge in [-0.2, -0.15) is 0 Å². The minimum atomic E-state index is -1.94. The highest BCUT2D eigenvalue weighted by Crippen LogP contribution is 2.43. The number of esters is 1. The Morgan fingerprint density at radius 2 is 1.62 bits per heavy atom. The van der Waals surface area contributed by atoms with E-state index >= 15 is 0 Å². The summed E-state index contributed by atoms with van der Waals surface area (Å²) in [6.07, 6.45) is 0. The molecule has 1 aromatic carbocycles. The van der Waals surface area contributed by atoms with Gasteiger partial charge in [0.1, 0.15) is 5.75 Å². The largest absolute Gasteiger partial charge is 0.425 e. The summed E-state index contributed by atoms with van der Waals surface area (Å²) >= 11 is 22.6. The molecule has 88 valence electrons. The third-order valence-corrected chi connectivity index (χ3v) is 3.73. The van der Waals surface area contributed by atoms with Crippen LogP contribution < -0.4 is 4.74 Å². The molecular formula is C10H8Cl4O2. The van der Waals surface area contributed by atoms with Gasteiger partial charge < -0.3 is 4.74 Å². The van der Waals surface area contributed by atoms with Gasteiger partial charge in [0, 0.05) is 0 Å². The van der Waals surface area contributed by atoms with Crippen molar-refractivity contribution in [2.45, 2.75) is 15.6 Å². The van der Waals surface area contributed by atoms with Crippen LogP contribution in [0.4, 0.5) is 0 Å². The maximum absolute atomic E-state index is 11.7. The van der Waals surface area contributed by atoms with E-state index in [9.17, 15) is 4.79 Å². The first kappa shape index (κ1) is 13.9. The zero-order valence-corrected chi connectivity index (χ0v) is 11.2. The molecule has 0 amide bonds. The summed E-state index contributed by atoms with van der Waals surface area (Å²) in [4.78, 5) is 9.93. The number of benzene rings is 1. The molecule has 1 atom stereocenters. The van der Waals surface area contributed by atoms with Gasteiger partial charge in [-0.1, -0.05) is 53.0 Å². The van der Waals surface area contributed by atoms with Crippen molar-refractivity contribution in [3.63, 3.8) is 0 Å². The fourth-order valence-electron chi connectivity index (χ4n) is 0.807. The molecule has 0 saturated carbocycles. The number of alkyl halides is 4. The van der Waals surface area contributed by atoms with E-state index in [0.29, 0.717) is 5.75 Å². The van der Waals surface area contributed by atoms with Crippen LogP contribution in [0.25, 0.3) is 0 Å². The van der Waals surface area contributed by atoms with Crippen LogP contribution in [0, 0.1) is 0 Å². The fourth-order valence-corrected chi connectivity index (χ4v) is 1.08. The number of halogens is 4. The van der Waals surface area contributed by atoms with Gasteiger partial charge in [-0.25, -0.2) is 4.79 Å². The molecule has 16 heavy (non-hydrogen) atoms. The first-order valence-electron chi connectivity index (χ1n) is 4.28. The first-order valence-corrected chi connectivity index (χ1v) is 5.79. The molecule has 0 aliphatic heterocycles. The number of hydrogen-bond donors (Lipinski definition) is 0. The van der Waals surface area contributed by atoms with Gasteiger partial charge in [-0.15, -0.1) is 11.6 Å². The highest BCUT2D eigenvalue weighted by molar-refractivity contribution is 6.72. The fraction of sp³-hybridized carbons (Fsp3) is 0.300. The van der Waals surface area contributed by atoms with Crippen LogP contribution in [-0.4, -0.2) is 14.6 Å². The molecular weight excluding hydrogens is 294 g/mol. The summed E-state index contributed by atoms with van der Waals surface area (Å²) in [5, 5.41) is 0. The number of para-hydroxylation sites is 1. The van der Waals surface area contributed by atoms with Crippen LogP contribution >= 0.6 is 46.4 Å². The van der Waals surface area contributed by atoms with Gasteiger partial charge in [-0.05, 0) is 19.1 Å². The van der Waals surface area contributed by atoms with Crippen molar-refractivity contribution < 1.29 is 9.53 Å². The molecule has 0 fully saturated rings. The molecule has 0 spiro atoms. The maximum Gasteiger partial charge on any atom is 0.336 e. The van der Waals surface area contributed by atoms with Crippen LogP contribution in [0.15, 0.2) is 30.3 Å². The predicted molar refractivity (Wildman–Crippen MR) is 66.6 cm³/mol. The number of carbonyl (C=O) groups is 1. The molecule has 1 aromatic rings. The average Bonchev–Trinajstić information content (AvgIpc) is 2.17. The summed E-state index contributed by atoms with van der Waals surface area (Å²) < 4.78 is 3.04. The second-order valence-corrected chi connectivity index (χ2v) is 6.24. The zero-order valence-electron chi connectivity index (χ0n) is 8.22. The van der Waals surface area contributed by atoms with E-state index in [-0.39, 0.29) is 0 Å². The van der Waals surface area contributed by atoms with Crippen molar-refractivity contribution in [1.82, 2.24) is 0 Å². The summed E-state index contributed by atoms with van der Waals surface area (Å²) in [5.74, 6) is -0.478. The Balaban J connectivity index is 2.81. The Labute approximate surface area is 113 Å². The number of hydrogen-bond acceptors (Lipinski definition) is 2. The Morgan fingerprint density at radius 3 is 2.06 bits per heavy atom. The van der Waals surface area contributed by atoms with Gasteiger partial charge >= 0.3 is 5.97 Å². The summed E-state index contributed by atoms with van der Waals surface area (Å²) in [5.41, 5.74) is 0. The van der Waals surface area contributed by atoms with Crippen molar-refractivity contribution in [2.24, 2.45) is 0 Å². The maximum atomic E-state index is 11.7. The molecule has 0 saturated heterocycles. The van der Waals surface area contributed by atoms with Gasteiger partial charge in [0.05, 0.1) is 0 Å². The molecule has 0 heterocycles. The van der Waals surface area contributed by atoms with Crippen molar-refractivity contribution in [3.8, 4) is 5.75 Å². The molecule has 2 nitrogen and oxygen atoms in total. The topological polar surface area (TPSA) is 26.3 Å². The SMILES string of the molecule is CC(Cl)(C(=O)Oc1ccccc1)C(Cl)(Cl)Cl. The molecule has 0 aliphatic carbocycles. The van der Waals surface area contributed by atoms with Crippen LogP contribution in [0.1, 0.15) is 6.92 Å². The lowest BCUT2D eigenvalue weighted by molar-refractivity contribution is -0.136. The molecule has 0 N–H and O–H groups in total. The minimum absolute atomic E-state index is 0.341. The van der Waals surface area contributed by atoms with E-state index in [2.05, 4.69) is 0 Å². The molecule has 6 heteroatoms. The van der Waals surface area contributed by atoms with Crippen molar-refractivity contribution in [2.75, 3.05) is 0 Å². The van der Waals surface area contributed by atoms with Crippen LogP contribution in [0.2, 0.25) is 0 Å². The molecule has 0 radical (unpaired) electrons. The predicted octanol–water partition coefficient (Wildman–Crippen LogP) is 3.96. The number of ether oxygens (including phenoxy) is 1. The van der Waals surface area contributed by atoms with Gasteiger partial charge in [0.15, 0.2) is 4.87 Å². The van der Waals surface area contributed by atoms with Crippen molar-refractivity contribution in [1.29, 1.82) is 0 Å². The van der Waals surface area contributed by atoms with E-state index < -0.39 is 14.6 Å². The zero-order chi connectivity index (χ0) is 12.4. The summed E-state index contributed by atoms with van der Waals surface area (Å²) in [7, 11) is 0. The molecule has 0 aromatic heterocycles. The van der Waals surface area contributed by atoms with Crippen molar-refractivity contribution in [3.05, 3.63) is 30.3 Å². The lowest BCUT2D eigenvalue weighted by atomic mass is 10.2. The molecule has 0 bridgehead atoms. The van der Waals surface area contributed by atoms with Crippen LogP contribution in [0.5, 0.6) is 5.75 Å². The first-order chi connectivity index (χ1) is 7.25. The second-order valence-electron chi connectivity index (χ2n) is 3.20.